The van der Waals surface area contributed by atoms with E-state index >= 15 is 0 Å². The minimum atomic E-state index is 0.0821. The van der Waals surface area contributed by atoms with Crippen molar-refractivity contribution in [2.24, 2.45) is 7.05 Å². The average Bonchev–Trinajstić information content (AvgIpc) is 3.06. The van der Waals surface area contributed by atoms with Gasteiger partial charge < -0.3 is 9.09 Å². The number of rotatable bonds is 5. The quantitative estimate of drug-likeness (QED) is 0.672. The number of nitrogens with zero attached hydrogens (tertiary/aromatic N) is 4. The first-order valence-corrected chi connectivity index (χ1v) is 7.97. The molecule has 0 saturated heterocycles. The fraction of sp³-hybridized carbons (Fsp3) is 0.400. The van der Waals surface area contributed by atoms with Crippen LogP contribution < -0.4 is 0 Å². The summed E-state index contributed by atoms with van der Waals surface area (Å²) in [7, 11) is 2.03. The van der Waals surface area contributed by atoms with Crippen molar-refractivity contribution in [3.8, 4) is 0 Å². The first-order chi connectivity index (χ1) is 10.2. The van der Waals surface area contributed by atoms with Crippen LogP contribution in [0.1, 0.15) is 37.2 Å². The summed E-state index contributed by atoms with van der Waals surface area (Å²) < 4.78 is 7.44. The largest absolute Gasteiger partial charge is 0.338 e. The van der Waals surface area contributed by atoms with Crippen molar-refractivity contribution in [3.05, 3.63) is 36.0 Å². The van der Waals surface area contributed by atoms with E-state index in [-0.39, 0.29) is 5.25 Å². The Hall–Kier alpha value is -1.82. The van der Waals surface area contributed by atoms with E-state index in [0.29, 0.717) is 5.89 Å². The molecule has 21 heavy (non-hydrogen) atoms. The highest BCUT2D eigenvalue weighted by Gasteiger charge is 2.18. The van der Waals surface area contributed by atoms with Gasteiger partial charge in [-0.25, -0.2) is 4.98 Å². The highest BCUT2D eigenvalue weighted by atomic mass is 32.2. The molecule has 2 aromatic heterocycles. The molecule has 0 radical (unpaired) electrons. The van der Waals surface area contributed by atoms with Gasteiger partial charge in [0.1, 0.15) is 0 Å². The molecule has 110 valence electrons. The van der Waals surface area contributed by atoms with E-state index in [9.17, 15) is 0 Å². The molecule has 1 aromatic carbocycles. The lowest BCUT2D eigenvalue weighted by Crippen LogP contribution is -1.95. The van der Waals surface area contributed by atoms with Crippen molar-refractivity contribution in [2.45, 2.75) is 37.1 Å². The second-order valence-electron chi connectivity index (χ2n) is 5.00. The maximum Gasteiger partial charge on any atom is 0.239 e. The summed E-state index contributed by atoms with van der Waals surface area (Å²) in [5.74, 6) is 1.44. The van der Waals surface area contributed by atoms with Crippen LogP contribution in [0.25, 0.3) is 11.0 Å². The van der Waals surface area contributed by atoms with E-state index in [0.717, 1.165) is 34.9 Å². The Labute approximate surface area is 127 Å². The van der Waals surface area contributed by atoms with Crippen LogP contribution in [0.2, 0.25) is 0 Å². The SMILES string of the molecule is CCCc1noc(C(C)Sc2nc3ccccc3n2C)n1. The molecule has 0 bridgehead atoms. The zero-order chi connectivity index (χ0) is 14.8. The minimum absolute atomic E-state index is 0.0821. The third-order valence-electron chi connectivity index (χ3n) is 3.33. The number of imidazole rings is 1. The Morgan fingerprint density at radius 3 is 2.86 bits per heavy atom. The fourth-order valence-corrected chi connectivity index (χ4v) is 3.12. The number of fused-ring (bicyclic) bond motifs is 1. The third kappa shape index (κ3) is 2.81. The molecule has 0 aliphatic heterocycles. The normalized spacial score (nSPS) is 12.9. The summed E-state index contributed by atoms with van der Waals surface area (Å²) in [6.07, 6.45) is 1.87. The number of aryl methyl sites for hydroxylation is 2. The van der Waals surface area contributed by atoms with Crippen LogP contribution in [0.5, 0.6) is 0 Å². The summed E-state index contributed by atoms with van der Waals surface area (Å²) in [5.41, 5.74) is 2.14. The minimum Gasteiger partial charge on any atom is -0.338 e. The Kier molecular flexibility index (Phi) is 3.96. The molecule has 0 aliphatic rings. The fourth-order valence-electron chi connectivity index (χ4n) is 2.20. The topological polar surface area (TPSA) is 56.7 Å². The van der Waals surface area contributed by atoms with E-state index < -0.39 is 0 Å². The highest BCUT2D eigenvalue weighted by molar-refractivity contribution is 7.99. The van der Waals surface area contributed by atoms with Crippen LogP contribution in [0, 0.1) is 0 Å². The van der Waals surface area contributed by atoms with Gasteiger partial charge in [0, 0.05) is 13.5 Å². The van der Waals surface area contributed by atoms with Gasteiger partial charge in [-0.05, 0) is 25.5 Å². The lowest BCUT2D eigenvalue weighted by atomic mass is 10.3. The van der Waals surface area contributed by atoms with E-state index in [4.69, 9.17) is 4.52 Å². The zero-order valence-electron chi connectivity index (χ0n) is 12.4. The van der Waals surface area contributed by atoms with Gasteiger partial charge in [-0.2, -0.15) is 4.98 Å². The van der Waals surface area contributed by atoms with Crippen molar-refractivity contribution >= 4 is 22.8 Å². The standard InChI is InChI=1S/C15H18N4OS/c1-4-7-13-17-14(20-18-13)10(2)21-15-16-11-8-5-6-9-12(11)19(15)3/h5-6,8-10H,4,7H2,1-3H3. The molecule has 3 aromatic rings. The Morgan fingerprint density at radius 1 is 1.29 bits per heavy atom. The van der Waals surface area contributed by atoms with Gasteiger partial charge in [0.15, 0.2) is 11.0 Å². The van der Waals surface area contributed by atoms with Gasteiger partial charge in [0.05, 0.1) is 16.3 Å². The molecule has 6 heteroatoms. The summed E-state index contributed by atoms with van der Waals surface area (Å²) in [4.78, 5) is 9.10. The van der Waals surface area contributed by atoms with Crippen molar-refractivity contribution in [2.75, 3.05) is 0 Å². The maximum atomic E-state index is 5.35. The van der Waals surface area contributed by atoms with E-state index in [2.05, 4.69) is 39.6 Å². The Morgan fingerprint density at radius 2 is 2.10 bits per heavy atom. The van der Waals surface area contributed by atoms with Gasteiger partial charge in [0.2, 0.25) is 5.89 Å². The van der Waals surface area contributed by atoms with Gasteiger partial charge in [-0.3, -0.25) is 0 Å². The molecule has 3 rings (SSSR count). The number of aromatic nitrogens is 4. The predicted molar refractivity (Wildman–Crippen MR) is 83.3 cm³/mol. The molecule has 1 unspecified atom stereocenters. The van der Waals surface area contributed by atoms with E-state index in [1.165, 1.54) is 0 Å². The number of thioether (sulfide) groups is 1. The van der Waals surface area contributed by atoms with Crippen LogP contribution in [-0.4, -0.2) is 19.7 Å². The van der Waals surface area contributed by atoms with Crippen molar-refractivity contribution in [3.63, 3.8) is 0 Å². The highest BCUT2D eigenvalue weighted by Crippen LogP contribution is 2.34. The van der Waals surface area contributed by atoms with Crippen molar-refractivity contribution < 1.29 is 4.52 Å². The molecular weight excluding hydrogens is 284 g/mol. The molecular formula is C15H18N4OS. The first kappa shape index (κ1) is 14.1. The lowest BCUT2D eigenvalue weighted by molar-refractivity contribution is 0.374. The van der Waals surface area contributed by atoms with Crippen molar-refractivity contribution in [1.29, 1.82) is 0 Å². The molecule has 0 saturated carbocycles. The maximum absolute atomic E-state index is 5.35. The molecule has 5 nitrogen and oxygen atoms in total. The van der Waals surface area contributed by atoms with E-state index in [1.54, 1.807) is 11.8 Å². The number of hydrogen-bond acceptors (Lipinski definition) is 5. The smallest absolute Gasteiger partial charge is 0.239 e. The van der Waals surface area contributed by atoms with Crippen LogP contribution in [-0.2, 0) is 13.5 Å². The Balaban J connectivity index is 1.82. The molecule has 1 atom stereocenters. The Bertz CT molecular complexity index is 749. The van der Waals surface area contributed by atoms with Crippen LogP contribution >= 0.6 is 11.8 Å². The summed E-state index contributed by atoms with van der Waals surface area (Å²) in [6, 6.07) is 8.12. The summed E-state index contributed by atoms with van der Waals surface area (Å²) in [6.45, 7) is 4.17. The van der Waals surface area contributed by atoms with Gasteiger partial charge in [-0.15, -0.1) is 0 Å². The molecule has 0 N–H and O–H groups in total. The van der Waals surface area contributed by atoms with Gasteiger partial charge in [-0.1, -0.05) is 36.0 Å². The monoisotopic (exact) mass is 302 g/mol. The predicted octanol–water partition coefficient (Wildman–Crippen LogP) is 3.76. The average molecular weight is 302 g/mol. The molecule has 0 fully saturated rings. The molecule has 0 spiro atoms. The number of para-hydroxylation sites is 2. The van der Waals surface area contributed by atoms with Crippen molar-refractivity contribution in [1.82, 2.24) is 19.7 Å². The molecule has 2 heterocycles. The zero-order valence-corrected chi connectivity index (χ0v) is 13.2. The van der Waals surface area contributed by atoms with E-state index in [1.807, 2.05) is 25.2 Å². The van der Waals surface area contributed by atoms with Gasteiger partial charge >= 0.3 is 0 Å². The van der Waals surface area contributed by atoms with Crippen LogP contribution in [0.4, 0.5) is 0 Å². The van der Waals surface area contributed by atoms with Gasteiger partial charge in [0.25, 0.3) is 0 Å². The number of benzene rings is 1. The molecule has 0 aliphatic carbocycles. The first-order valence-electron chi connectivity index (χ1n) is 7.09. The van der Waals surface area contributed by atoms with Crippen LogP contribution in [0.3, 0.4) is 0 Å². The number of hydrogen-bond donors (Lipinski definition) is 0. The summed E-state index contributed by atoms with van der Waals surface area (Å²) in [5, 5.41) is 5.05. The summed E-state index contributed by atoms with van der Waals surface area (Å²) >= 11 is 1.64. The lowest BCUT2D eigenvalue weighted by Gasteiger charge is -2.05. The second-order valence-corrected chi connectivity index (χ2v) is 6.31. The second kappa shape index (κ2) is 5.89. The third-order valence-corrected chi connectivity index (χ3v) is 4.46. The molecule has 0 amide bonds. The van der Waals surface area contributed by atoms with Crippen LogP contribution in [0.15, 0.2) is 33.9 Å².